The van der Waals surface area contributed by atoms with E-state index < -0.39 is 0 Å². The Morgan fingerprint density at radius 3 is 2.84 bits per heavy atom. The zero-order valence-electron chi connectivity index (χ0n) is 10.1. The highest BCUT2D eigenvalue weighted by Crippen LogP contribution is 2.25. The molecule has 1 unspecified atom stereocenters. The fourth-order valence-electron chi connectivity index (χ4n) is 1.90. The lowest BCUT2D eigenvalue weighted by molar-refractivity contribution is -0.119. The van der Waals surface area contributed by atoms with Crippen LogP contribution in [-0.4, -0.2) is 18.2 Å². The number of rotatable bonds is 3. The van der Waals surface area contributed by atoms with Crippen molar-refractivity contribution in [3.8, 4) is 12.1 Å². The van der Waals surface area contributed by atoms with Gasteiger partial charge in [0, 0.05) is 18.9 Å². The average Bonchev–Trinajstić information content (AvgIpc) is 2.87. The number of anilines is 1. The molecular formula is C13H11N5O. The number of carbonyl (C=O) groups is 1. The van der Waals surface area contributed by atoms with Crippen LogP contribution in [0, 0.1) is 22.7 Å². The lowest BCUT2D eigenvalue weighted by atomic mass is 9.98. The van der Waals surface area contributed by atoms with Crippen LogP contribution >= 0.6 is 0 Å². The van der Waals surface area contributed by atoms with Crippen LogP contribution in [0.25, 0.3) is 0 Å². The minimum atomic E-state index is -0.233. The molecule has 0 spiro atoms. The fourth-order valence-corrected chi connectivity index (χ4v) is 1.90. The normalized spacial score (nSPS) is 16.9. The molecule has 94 valence electrons. The van der Waals surface area contributed by atoms with Crippen molar-refractivity contribution in [2.24, 2.45) is 5.10 Å². The summed E-state index contributed by atoms with van der Waals surface area (Å²) in [7, 11) is 0. The second kappa shape index (κ2) is 5.65. The van der Waals surface area contributed by atoms with Crippen molar-refractivity contribution in [2.75, 3.05) is 12.0 Å². The summed E-state index contributed by atoms with van der Waals surface area (Å²) >= 11 is 0. The number of nitrogens with one attached hydrogen (secondary N) is 2. The van der Waals surface area contributed by atoms with Gasteiger partial charge in [-0.05, 0) is 17.7 Å². The third kappa shape index (κ3) is 3.08. The largest absolute Gasteiger partial charge is 0.355 e. The van der Waals surface area contributed by atoms with E-state index in [4.69, 9.17) is 10.5 Å². The minimum absolute atomic E-state index is 0.0534. The lowest BCUT2D eigenvalue weighted by Crippen LogP contribution is -2.13. The summed E-state index contributed by atoms with van der Waals surface area (Å²) in [4.78, 5) is 11.2. The molecule has 0 aliphatic carbocycles. The maximum atomic E-state index is 11.2. The van der Waals surface area contributed by atoms with Gasteiger partial charge < -0.3 is 5.32 Å². The number of nitriles is 2. The van der Waals surface area contributed by atoms with Crippen LogP contribution in [-0.2, 0) is 4.79 Å². The van der Waals surface area contributed by atoms with E-state index in [1.54, 1.807) is 18.2 Å². The molecule has 6 nitrogen and oxygen atoms in total. The summed E-state index contributed by atoms with van der Waals surface area (Å²) in [6.45, 7) is 0.632. The Balaban J connectivity index is 2.12. The van der Waals surface area contributed by atoms with Crippen LogP contribution in [0.15, 0.2) is 29.4 Å². The minimum Gasteiger partial charge on any atom is -0.355 e. The van der Waals surface area contributed by atoms with Crippen molar-refractivity contribution >= 4 is 17.3 Å². The molecule has 0 saturated carbocycles. The molecule has 1 amide bonds. The molecule has 0 bridgehead atoms. The van der Waals surface area contributed by atoms with Crippen molar-refractivity contribution in [1.82, 2.24) is 5.32 Å². The first-order valence-corrected chi connectivity index (χ1v) is 5.73. The molecule has 2 N–H and O–H groups in total. The Kier molecular flexibility index (Phi) is 3.75. The first-order chi connectivity index (χ1) is 9.22. The van der Waals surface area contributed by atoms with Crippen molar-refractivity contribution in [2.45, 2.75) is 12.3 Å². The van der Waals surface area contributed by atoms with Gasteiger partial charge >= 0.3 is 0 Å². The van der Waals surface area contributed by atoms with Gasteiger partial charge in [0.25, 0.3) is 0 Å². The average molecular weight is 253 g/mol. The first-order valence-electron chi connectivity index (χ1n) is 5.73. The summed E-state index contributed by atoms with van der Waals surface area (Å²) < 4.78 is 0. The smallest absolute Gasteiger partial charge is 0.237 e. The van der Waals surface area contributed by atoms with Crippen LogP contribution in [0.4, 0.5) is 5.69 Å². The van der Waals surface area contributed by atoms with Gasteiger partial charge in [0.1, 0.15) is 12.1 Å². The Morgan fingerprint density at radius 2 is 2.21 bits per heavy atom. The monoisotopic (exact) mass is 253 g/mol. The van der Waals surface area contributed by atoms with Gasteiger partial charge in [-0.2, -0.15) is 15.6 Å². The van der Waals surface area contributed by atoms with E-state index in [9.17, 15) is 4.79 Å². The van der Waals surface area contributed by atoms with Crippen molar-refractivity contribution in [3.63, 3.8) is 0 Å². The van der Waals surface area contributed by atoms with Gasteiger partial charge in [0.15, 0.2) is 0 Å². The van der Waals surface area contributed by atoms with Crippen LogP contribution in [0.3, 0.4) is 0 Å². The number of benzene rings is 1. The molecular weight excluding hydrogens is 242 g/mol. The van der Waals surface area contributed by atoms with E-state index in [0.29, 0.717) is 18.7 Å². The molecule has 1 heterocycles. The van der Waals surface area contributed by atoms with Gasteiger partial charge in [-0.1, -0.05) is 12.1 Å². The third-order valence-corrected chi connectivity index (χ3v) is 2.84. The lowest BCUT2D eigenvalue weighted by Gasteiger charge is -2.09. The molecule has 2 rings (SSSR count). The molecule has 1 fully saturated rings. The number of amides is 1. The second-order valence-electron chi connectivity index (χ2n) is 4.13. The van der Waals surface area contributed by atoms with Gasteiger partial charge in [-0.15, -0.1) is 0 Å². The predicted octanol–water partition coefficient (Wildman–Crippen LogP) is 1.11. The van der Waals surface area contributed by atoms with E-state index in [0.717, 1.165) is 5.56 Å². The number of carbonyl (C=O) groups excluding carboxylic acids is 1. The molecule has 1 aliphatic rings. The summed E-state index contributed by atoms with van der Waals surface area (Å²) in [6.07, 6.45) is 0.481. The number of hydrogen-bond acceptors (Lipinski definition) is 5. The molecule has 1 aromatic carbocycles. The maximum absolute atomic E-state index is 11.2. The standard InChI is InChI=1S/C13H11N5O/c14-6-12(7-15)18-17-11-3-1-2-9(4-11)10-5-13(19)16-8-10/h1-4,10,17H,5,8H2,(H,16,19). The van der Waals surface area contributed by atoms with Crippen molar-refractivity contribution in [1.29, 1.82) is 10.5 Å². The van der Waals surface area contributed by atoms with Gasteiger partial charge in [0.2, 0.25) is 11.6 Å². The summed E-state index contributed by atoms with van der Waals surface area (Å²) in [6, 6.07) is 10.8. The van der Waals surface area contributed by atoms with Crippen molar-refractivity contribution < 1.29 is 4.79 Å². The van der Waals surface area contributed by atoms with Crippen molar-refractivity contribution in [3.05, 3.63) is 29.8 Å². The first kappa shape index (κ1) is 12.6. The van der Waals surface area contributed by atoms with E-state index in [1.165, 1.54) is 0 Å². The third-order valence-electron chi connectivity index (χ3n) is 2.84. The highest BCUT2D eigenvalue weighted by Gasteiger charge is 2.22. The van der Waals surface area contributed by atoms with Crippen LogP contribution in [0.5, 0.6) is 0 Å². The zero-order chi connectivity index (χ0) is 13.7. The Morgan fingerprint density at radius 1 is 1.42 bits per heavy atom. The van der Waals surface area contributed by atoms with Crippen LogP contribution in [0.2, 0.25) is 0 Å². The van der Waals surface area contributed by atoms with Gasteiger partial charge in [-0.25, -0.2) is 0 Å². The Hall–Kier alpha value is -2.86. The molecule has 0 aromatic heterocycles. The SMILES string of the molecule is N#CC(C#N)=NNc1cccc(C2CNC(=O)C2)c1. The molecule has 1 atom stereocenters. The molecule has 1 aliphatic heterocycles. The molecule has 6 heteroatoms. The topological polar surface area (TPSA) is 101 Å². The second-order valence-corrected chi connectivity index (χ2v) is 4.13. The van der Waals surface area contributed by atoms with E-state index >= 15 is 0 Å². The molecule has 1 aromatic rings. The Bertz CT molecular complexity index is 592. The molecule has 1 saturated heterocycles. The summed E-state index contributed by atoms with van der Waals surface area (Å²) in [5.74, 6) is 0.210. The highest BCUT2D eigenvalue weighted by molar-refractivity contribution is 6.10. The maximum Gasteiger partial charge on any atom is 0.237 e. The van der Waals surface area contributed by atoms with Gasteiger partial charge in [0.05, 0.1) is 5.69 Å². The summed E-state index contributed by atoms with van der Waals surface area (Å²) in [5, 5.41) is 23.6. The van der Waals surface area contributed by atoms with Crippen LogP contribution in [0.1, 0.15) is 17.9 Å². The molecule has 19 heavy (non-hydrogen) atoms. The van der Waals surface area contributed by atoms with Gasteiger partial charge in [-0.3, -0.25) is 10.2 Å². The number of nitrogens with zero attached hydrogens (tertiary/aromatic N) is 3. The van der Waals surface area contributed by atoms with E-state index in [2.05, 4.69) is 15.8 Å². The zero-order valence-corrected chi connectivity index (χ0v) is 10.1. The quantitative estimate of drug-likeness (QED) is 0.622. The highest BCUT2D eigenvalue weighted by atomic mass is 16.1. The van der Waals surface area contributed by atoms with Crippen LogP contribution < -0.4 is 10.7 Å². The Labute approximate surface area is 110 Å². The summed E-state index contributed by atoms with van der Waals surface area (Å²) in [5.41, 5.74) is 4.13. The van der Waals surface area contributed by atoms with E-state index in [-0.39, 0.29) is 17.5 Å². The number of hydrazone groups is 1. The number of hydrogen-bond donors (Lipinski definition) is 2. The fraction of sp³-hybridized carbons (Fsp3) is 0.231. The predicted molar refractivity (Wildman–Crippen MR) is 69.1 cm³/mol. The molecule has 0 radical (unpaired) electrons. The van der Waals surface area contributed by atoms with E-state index in [1.807, 2.05) is 18.2 Å².